The van der Waals surface area contributed by atoms with Gasteiger partial charge in [-0.2, -0.15) is 5.26 Å². The Morgan fingerprint density at radius 1 is 1.32 bits per heavy atom. The number of hydrogen-bond acceptors (Lipinski definition) is 3. The number of carbonyl (C=O) groups is 1. The maximum Gasteiger partial charge on any atom is 0.240 e. The van der Waals surface area contributed by atoms with Crippen molar-refractivity contribution in [2.24, 2.45) is 11.3 Å². The molecule has 0 aromatic rings. The molecule has 0 aliphatic carbocycles. The van der Waals surface area contributed by atoms with Crippen LogP contribution >= 0.6 is 0 Å². The highest BCUT2D eigenvalue weighted by Crippen LogP contribution is 2.29. The molecule has 0 aromatic carbocycles. The zero-order valence-electron chi connectivity index (χ0n) is 12.7. The Balaban J connectivity index is 4.84. The smallest absolute Gasteiger partial charge is 0.240 e. The largest absolute Gasteiger partial charge is 0.394 e. The molecule has 0 aromatic heterocycles. The van der Waals surface area contributed by atoms with E-state index < -0.39 is 5.41 Å². The highest BCUT2D eigenvalue weighted by molar-refractivity contribution is 5.85. The molecule has 1 atom stereocenters. The summed E-state index contributed by atoms with van der Waals surface area (Å²) in [5.74, 6) is 0.171. The van der Waals surface area contributed by atoms with Crippen molar-refractivity contribution in [1.82, 2.24) is 5.32 Å². The molecule has 0 aliphatic rings. The third-order valence-electron chi connectivity index (χ3n) is 3.31. The summed E-state index contributed by atoms with van der Waals surface area (Å²) in [5.41, 5.74) is -0.937. The van der Waals surface area contributed by atoms with E-state index >= 15 is 0 Å². The first-order valence-electron chi connectivity index (χ1n) is 7.28. The van der Waals surface area contributed by atoms with Crippen LogP contribution < -0.4 is 5.32 Å². The highest BCUT2D eigenvalue weighted by Gasteiger charge is 2.37. The van der Waals surface area contributed by atoms with E-state index in [1.807, 2.05) is 27.7 Å². The van der Waals surface area contributed by atoms with Crippen molar-refractivity contribution in [2.75, 3.05) is 6.61 Å². The minimum Gasteiger partial charge on any atom is -0.394 e. The molecule has 0 bridgehead atoms. The Bertz CT molecular complexity index is 302. The van der Waals surface area contributed by atoms with Crippen molar-refractivity contribution in [2.45, 2.75) is 65.8 Å². The Hall–Kier alpha value is -1.08. The van der Waals surface area contributed by atoms with E-state index in [9.17, 15) is 15.2 Å². The predicted octanol–water partition coefficient (Wildman–Crippen LogP) is 2.62. The summed E-state index contributed by atoms with van der Waals surface area (Å²) in [4.78, 5) is 12.4. The maximum atomic E-state index is 12.4. The summed E-state index contributed by atoms with van der Waals surface area (Å²) in [6, 6.07) is 1.95. The fourth-order valence-corrected chi connectivity index (χ4v) is 2.44. The van der Waals surface area contributed by atoms with Gasteiger partial charge in [0.1, 0.15) is 5.41 Å². The molecule has 0 heterocycles. The van der Waals surface area contributed by atoms with Crippen LogP contribution in [0.3, 0.4) is 0 Å². The number of hydrogen-bond donors (Lipinski definition) is 2. The zero-order chi connectivity index (χ0) is 14.9. The molecule has 0 rings (SSSR count). The lowest BCUT2D eigenvalue weighted by atomic mass is 9.79. The fourth-order valence-electron chi connectivity index (χ4n) is 2.44. The molecular formula is C15H28N2O2. The second-order valence-corrected chi connectivity index (χ2v) is 5.68. The minimum atomic E-state index is -0.937. The average Bonchev–Trinajstić information content (AvgIpc) is 2.36. The van der Waals surface area contributed by atoms with Gasteiger partial charge in [0, 0.05) is 0 Å². The van der Waals surface area contributed by atoms with Crippen LogP contribution in [0.2, 0.25) is 0 Å². The Morgan fingerprint density at radius 3 is 2.16 bits per heavy atom. The summed E-state index contributed by atoms with van der Waals surface area (Å²) in [6.45, 7) is 7.97. The number of carbonyl (C=O) groups excluding carboxylic acids is 1. The first-order chi connectivity index (χ1) is 8.95. The third-order valence-corrected chi connectivity index (χ3v) is 3.31. The zero-order valence-corrected chi connectivity index (χ0v) is 12.7. The second kappa shape index (κ2) is 8.92. The molecule has 110 valence electrons. The van der Waals surface area contributed by atoms with Gasteiger partial charge in [0.05, 0.1) is 18.7 Å². The van der Waals surface area contributed by atoms with E-state index in [-0.39, 0.29) is 18.6 Å². The van der Waals surface area contributed by atoms with Gasteiger partial charge in [-0.15, -0.1) is 0 Å². The summed E-state index contributed by atoms with van der Waals surface area (Å²) >= 11 is 0. The van der Waals surface area contributed by atoms with Gasteiger partial charge in [-0.05, 0) is 25.2 Å². The van der Waals surface area contributed by atoms with Gasteiger partial charge in [0.25, 0.3) is 0 Å². The SMILES string of the molecule is CCCC(C#N)(CCC)C(=O)NC(CO)CC(C)C. The van der Waals surface area contributed by atoms with Crippen LogP contribution in [0.25, 0.3) is 0 Å². The third kappa shape index (κ3) is 5.61. The Labute approximate surface area is 117 Å². The van der Waals surface area contributed by atoms with E-state index in [0.717, 1.165) is 19.3 Å². The fraction of sp³-hybridized carbons (Fsp3) is 0.867. The van der Waals surface area contributed by atoms with E-state index in [2.05, 4.69) is 11.4 Å². The minimum absolute atomic E-state index is 0.0797. The van der Waals surface area contributed by atoms with Gasteiger partial charge < -0.3 is 10.4 Å². The molecule has 4 nitrogen and oxygen atoms in total. The van der Waals surface area contributed by atoms with Crippen LogP contribution in [-0.4, -0.2) is 23.7 Å². The second-order valence-electron chi connectivity index (χ2n) is 5.68. The van der Waals surface area contributed by atoms with Crippen molar-refractivity contribution in [1.29, 1.82) is 5.26 Å². The first kappa shape index (κ1) is 17.9. The molecule has 2 N–H and O–H groups in total. The molecule has 0 aliphatic heterocycles. The van der Waals surface area contributed by atoms with E-state index in [0.29, 0.717) is 18.8 Å². The molecule has 4 heteroatoms. The lowest BCUT2D eigenvalue weighted by Crippen LogP contribution is -2.47. The molecule has 0 fully saturated rings. The number of nitrogens with one attached hydrogen (secondary N) is 1. The number of rotatable bonds is 9. The molecule has 1 unspecified atom stereocenters. The molecule has 0 saturated heterocycles. The molecule has 0 spiro atoms. The van der Waals surface area contributed by atoms with Crippen LogP contribution in [0.15, 0.2) is 0 Å². The maximum absolute atomic E-state index is 12.4. The number of aliphatic hydroxyl groups is 1. The number of aliphatic hydroxyl groups excluding tert-OH is 1. The highest BCUT2D eigenvalue weighted by atomic mass is 16.3. The van der Waals surface area contributed by atoms with Crippen molar-refractivity contribution >= 4 is 5.91 Å². The Kier molecular flexibility index (Phi) is 8.42. The molecule has 0 radical (unpaired) electrons. The lowest BCUT2D eigenvalue weighted by Gasteiger charge is -2.28. The van der Waals surface area contributed by atoms with Crippen molar-refractivity contribution in [3.05, 3.63) is 0 Å². The Morgan fingerprint density at radius 2 is 1.84 bits per heavy atom. The number of nitrogens with zero attached hydrogens (tertiary/aromatic N) is 1. The predicted molar refractivity (Wildman–Crippen MR) is 76.3 cm³/mol. The van der Waals surface area contributed by atoms with Gasteiger partial charge in [-0.3, -0.25) is 4.79 Å². The van der Waals surface area contributed by atoms with Gasteiger partial charge in [0.2, 0.25) is 5.91 Å². The molecule has 19 heavy (non-hydrogen) atoms. The summed E-state index contributed by atoms with van der Waals surface area (Å²) < 4.78 is 0. The topological polar surface area (TPSA) is 73.1 Å². The standard InChI is InChI=1S/C15H28N2O2/c1-5-7-15(11-16,8-6-2)14(19)17-13(10-18)9-12(3)4/h12-13,18H,5-10H2,1-4H3,(H,17,19). The van der Waals surface area contributed by atoms with Gasteiger partial charge >= 0.3 is 0 Å². The van der Waals surface area contributed by atoms with Crippen LogP contribution in [0.1, 0.15) is 59.8 Å². The van der Waals surface area contributed by atoms with Crippen LogP contribution in [0.4, 0.5) is 0 Å². The molecular weight excluding hydrogens is 240 g/mol. The summed E-state index contributed by atoms with van der Waals surface area (Å²) in [6.07, 6.45) is 3.47. The molecule has 1 amide bonds. The van der Waals surface area contributed by atoms with E-state index in [4.69, 9.17) is 0 Å². The van der Waals surface area contributed by atoms with Crippen molar-refractivity contribution in [3.8, 4) is 6.07 Å². The first-order valence-corrected chi connectivity index (χ1v) is 7.28. The quantitative estimate of drug-likeness (QED) is 0.675. The number of amides is 1. The summed E-state index contributed by atoms with van der Waals surface area (Å²) in [5, 5.41) is 21.6. The van der Waals surface area contributed by atoms with Crippen LogP contribution in [0.5, 0.6) is 0 Å². The van der Waals surface area contributed by atoms with E-state index in [1.54, 1.807) is 0 Å². The van der Waals surface area contributed by atoms with Gasteiger partial charge in [0.15, 0.2) is 0 Å². The van der Waals surface area contributed by atoms with E-state index in [1.165, 1.54) is 0 Å². The average molecular weight is 268 g/mol. The van der Waals surface area contributed by atoms with Gasteiger partial charge in [-0.1, -0.05) is 40.5 Å². The number of nitriles is 1. The normalized spacial score (nSPS) is 13.1. The molecule has 0 saturated carbocycles. The monoisotopic (exact) mass is 268 g/mol. The van der Waals surface area contributed by atoms with Crippen LogP contribution in [0, 0.1) is 22.7 Å². The lowest BCUT2D eigenvalue weighted by molar-refractivity contribution is -0.130. The van der Waals surface area contributed by atoms with Crippen LogP contribution in [-0.2, 0) is 4.79 Å². The summed E-state index contributed by atoms with van der Waals surface area (Å²) in [7, 11) is 0. The van der Waals surface area contributed by atoms with Crippen molar-refractivity contribution in [3.63, 3.8) is 0 Å². The van der Waals surface area contributed by atoms with Crippen molar-refractivity contribution < 1.29 is 9.90 Å². The van der Waals surface area contributed by atoms with Gasteiger partial charge in [-0.25, -0.2) is 0 Å².